The third kappa shape index (κ3) is 2.79. The van der Waals surface area contributed by atoms with Crippen molar-refractivity contribution in [1.82, 2.24) is 10.3 Å². The lowest BCUT2D eigenvalue weighted by Gasteiger charge is -2.05. The molecule has 2 rings (SSSR count). The number of H-pyrrole nitrogens is 1. The van der Waals surface area contributed by atoms with E-state index >= 15 is 0 Å². The van der Waals surface area contributed by atoms with Crippen molar-refractivity contribution in [3.63, 3.8) is 0 Å². The van der Waals surface area contributed by atoms with Gasteiger partial charge in [-0.25, -0.2) is 4.39 Å². The van der Waals surface area contributed by atoms with E-state index in [1.807, 2.05) is 0 Å². The maximum Gasteiger partial charge on any atom is 0.256 e. The highest BCUT2D eigenvalue weighted by Crippen LogP contribution is 2.09. The van der Waals surface area contributed by atoms with E-state index in [0.29, 0.717) is 18.7 Å². The van der Waals surface area contributed by atoms with E-state index in [1.54, 1.807) is 0 Å². The lowest BCUT2D eigenvalue weighted by Crippen LogP contribution is -2.31. The Morgan fingerprint density at radius 3 is 3.00 bits per heavy atom. The number of aromatic nitrogens is 1. The smallest absolute Gasteiger partial charge is 0.256 e. The Labute approximate surface area is 108 Å². The second-order valence-electron chi connectivity index (χ2n) is 3.97. The van der Waals surface area contributed by atoms with Crippen LogP contribution in [0.3, 0.4) is 0 Å². The van der Waals surface area contributed by atoms with Crippen molar-refractivity contribution >= 4 is 16.8 Å². The number of nitrogens with one attached hydrogen (secondary N) is 2. The van der Waals surface area contributed by atoms with E-state index in [4.69, 9.17) is 4.74 Å². The van der Waals surface area contributed by atoms with Crippen LogP contribution in [0.2, 0.25) is 0 Å². The number of carbonyl (C=O) groups excluding carboxylic acids is 1. The molecule has 0 unspecified atom stereocenters. The Kier molecular flexibility index (Phi) is 3.91. The lowest BCUT2D eigenvalue weighted by atomic mass is 10.1. The molecule has 0 saturated heterocycles. The Hall–Kier alpha value is -2.21. The minimum Gasteiger partial charge on any atom is -0.383 e. The third-order valence-corrected chi connectivity index (χ3v) is 2.68. The molecule has 6 heteroatoms. The van der Waals surface area contributed by atoms with Crippen LogP contribution in [0.15, 0.2) is 29.2 Å². The summed E-state index contributed by atoms with van der Waals surface area (Å²) in [5.41, 5.74) is -0.0581. The molecule has 1 heterocycles. The van der Waals surface area contributed by atoms with Crippen LogP contribution in [-0.2, 0) is 4.74 Å². The first-order valence-electron chi connectivity index (χ1n) is 5.71. The molecule has 0 radical (unpaired) electrons. The average molecular weight is 264 g/mol. The molecule has 0 bridgehead atoms. The zero-order valence-electron chi connectivity index (χ0n) is 10.3. The van der Waals surface area contributed by atoms with Gasteiger partial charge in [0.25, 0.3) is 5.91 Å². The number of ether oxygens (including phenoxy) is 1. The van der Waals surface area contributed by atoms with Gasteiger partial charge < -0.3 is 15.0 Å². The Balaban J connectivity index is 2.37. The number of hydrogen-bond donors (Lipinski definition) is 2. The predicted molar refractivity (Wildman–Crippen MR) is 68.7 cm³/mol. The summed E-state index contributed by atoms with van der Waals surface area (Å²) in [5, 5.41) is 2.69. The van der Waals surface area contributed by atoms with Gasteiger partial charge in [0.05, 0.1) is 6.61 Å². The summed E-state index contributed by atoms with van der Waals surface area (Å²) in [6.45, 7) is 0.655. The first kappa shape index (κ1) is 13.2. The Morgan fingerprint density at radius 1 is 1.47 bits per heavy atom. The van der Waals surface area contributed by atoms with Crippen LogP contribution in [0.4, 0.5) is 4.39 Å². The van der Waals surface area contributed by atoms with Crippen LogP contribution < -0.4 is 10.7 Å². The number of amides is 1. The fourth-order valence-corrected chi connectivity index (χ4v) is 1.72. The van der Waals surface area contributed by atoms with Gasteiger partial charge in [-0.3, -0.25) is 9.59 Å². The summed E-state index contributed by atoms with van der Waals surface area (Å²) in [4.78, 5) is 26.7. The summed E-state index contributed by atoms with van der Waals surface area (Å²) in [6.07, 6.45) is 1.32. The van der Waals surface area contributed by atoms with Crippen LogP contribution in [0, 0.1) is 5.82 Å². The van der Waals surface area contributed by atoms with Gasteiger partial charge in [-0.1, -0.05) is 0 Å². The second-order valence-corrected chi connectivity index (χ2v) is 3.97. The number of fused-ring (bicyclic) bond motifs is 1. The second kappa shape index (κ2) is 5.62. The molecule has 0 spiro atoms. The third-order valence-electron chi connectivity index (χ3n) is 2.68. The van der Waals surface area contributed by atoms with Gasteiger partial charge in [-0.15, -0.1) is 0 Å². The number of methoxy groups -OCH3 is 1. The summed E-state index contributed by atoms with van der Waals surface area (Å²) < 4.78 is 17.9. The molecule has 1 amide bonds. The maximum atomic E-state index is 13.1. The number of carbonyl (C=O) groups is 1. The van der Waals surface area contributed by atoms with Gasteiger partial charge >= 0.3 is 0 Å². The molecule has 100 valence electrons. The number of hydrogen-bond acceptors (Lipinski definition) is 3. The Bertz CT molecular complexity index is 666. The monoisotopic (exact) mass is 264 g/mol. The van der Waals surface area contributed by atoms with Crippen LogP contribution in [0.1, 0.15) is 10.4 Å². The molecule has 19 heavy (non-hydrogen) atoms. The van der Waals surface area contributed by atoms with E-state index in [1.165, 1.54) is 25.4 Å². The highest BCUT2D eigenvalue weighted by molar-refractivity contribution is 5.97. The van der Waals surface area contributed by atoms with E-state index in [0.717, 1.165) is 6.07 Å². The van der Waals surface area contributed by atoms with Crippen molar-refractivity contribution in [3.8, 4) is 0 Å². The fraction of sp³-hybridized carbons (Fsp3) is 0.231. The molecule has 0 saturated carbocycles. The molecule has 1 aromatic heterocycles. The number of benzene rings is 1. The molecule has 2 N–H and O–H groups in total. The first-order valence-corrected chi connectivity index (χ1v) is 5.71. The van der Waals surface area contributed by atoms with Crippen molar-refractivity contribution in [2.45, 2.75) is 0 Å². The van der Waals surface area contributed by atoms with E-state index in [-0.39, 0.29) is 10.9 Å². The average Bonchev–Trinajstić information content (AvgIpc) is 2.40. The lowest BCUT2D eigenvalue weighted by molar-refractivity contribution is 0.0936. The zero-order valence-corrected chi connectivity index (χ0v) is 10.3. The van der Waals surface area contributed by atoms with Crippen molar-refractivity contribution in [2.24, 2.45) is 0 Å². The van der Waals surface area contributed by atoms with Gasteiger partial charge in [0.1, 0.15) is 11.4 Å². The minimum atomic E-state index is -0.519. The minimum absolute atomic E-state index is 0.0470. The number of rotatable bonds is 4. The van der Waals surface area contributed by atoms with Gasteiger partial charge in [-0.2, -0.15) is 0 Å². The van der Waals surface area contributed by atoms with Crippen LogP contribution >= 0.6 is 0 Å². The van der Waals surface area contributed by atoms with Crippen molar-refractivity contribution < 1.29 is 13.9 Å². The summed E-state index contributed by atoms with van der Waals surface area (Å²) in [6, 6.07) is 3.81. The van der Waals surface area contributed by atoms with E-state index < -0.39 is 17.2 Å². The van der Waals surface area contributed by atoms with E-state index in [2.05, 4.69) is 10.3 Å². The molecule has 0 aliphatic carbocycles. The highest BCUT2D eigenvalue weighted by Gasteiger charge is 2.12. The van der Waals surface area contributed by atoms with Crippen molar-refractivity contribution in [1.29, 1.82) is 0 Å². The SMILES string of the molecule is COCCNC(=O)c1c[nH]c2ccc(F)cc2c1=O. The molecule has 2 aromatic rings. The van der Waals surface area contributed by atoms with Crippen molar-refractivity contribution in [2.75, 3.05) is 20.3 Å². The molecular weight excluding hydrogens is 251 g/mol. The zero-order chi connectivity index (χ0) is 13.8. The molecule has 5 nitrogen and oxygen atoms in total. The molecule has 0 aliphatic rings. The fourth-order valence-electron chi connectivity index (χ4n) is 1.72. The summed E-state index contributed by atoms with van der Waals surface area (Å²) in [5.74, 6) is -1.03. The van der Waals surface area contributed by atoms with Crippen LogP contribution in [-0.4, -0.2) is 31.2 Å². The first-order chi connectivity index (χ1) is 9.13. The molecular formula is C13H13FN2O3. The normalized spacial score (nSPS) is 10.6. The van der Waals surface area contributed by atoms with Gasteiger partial charge in [0.15, 0.2) is 0 Å². The quantitative estimate of drug-likeness (QED) is 0.811. The topological polar surface area (TPSA) is 71.2 Å². The summed E-state index contributed by atoms with van der Waals surface area (Å²) in [7, 11) is 1.51. The van der Waals surface area contributed by atoms with Crippen molar-refractivity contribution in [3.05, 3.63) is 46.0 Å². The number of halogens is 1. The van der Waals surface area contributed by atoms with Gasteiger partial charge in [-0.05, 0) is 18.2 Å². The van der Waals surface area contributed by atoms with Crippen LogP contribution in [0.5, 0.6) is 0 Å². The standard InChI is InChI=1S/C13H13FN2O3/c1-19-5-4-15-13(18)10-7-16-11-3-2-8(14)6-9(11)12(10)17/h2-3,6-7H,4-5H2,1H3,(H,15,18)(H,16,17). The largest absolute Gasteiger partial charge is 0.383 e. The van der Waals surface area contributed by atoms with E-state index in [9.17, 15) is 14.0 Å². The molecule has 0 fully saturated rings. The number of aromatic amines is 1. The molecule has 0 aliphatic heterocycles. The predicted octanol–water partition coefficient (Wildman–Crippen LogP) is 1.04. The van der Waals surface area contributed by atoms with Gasteiger partial charge in [0, 0.05) is 30.8 Å². The van der Waals surface area contributed by atoms with Crippen LogP contribution in [0.25, 0.3) is 10.9 Å². The Morgan fingerprint density at radius 2 is 2.26 bits per heavy atom. The maximum absolute atomic E-state index is 13.1. The summed E-state index contributed by atoms with van der Waals surface area (Å²) >= 11 is 0. The van der Waals surface area contributed by atoms with Gasteiger partial charge in [0.2, 0.25) is 5.43 Å². The molecule has 0 atom stereocenters. The molecule has 1 aromatic carbocycles. The highest BCUT2D eigenvalue weighted by atomic mass is 19.1. The number of pyridine rings is 1.